The Kier molecular flexibility index (Phi) is 4.01. The molecule has 0 fully saturated rings. The Morgan fingerprint density at radius 3 is 2.65 bits per heavy atom. The molecule has 2 nitrogen and oxygen atoms in total. The third-order valence-corrected chi connectivity index (χ3v) is 3.61. The molecule has 0 spiro atoms. The van der Waals surface area contributed by atoms with Gasteiger partial charge in [0.05, 0.1) is 6.04 Å². The van der Waals surface area contributed by atoms with E-state index < -0.39 is 0 Å². The van der Waals surface area contributed by atoms with Crippen molar-refractivity contribution < 1.29 is 8.81 Å². The quantitative estimate of drug-likeness (QED) is 0.889. The highest BCUT2D eigenvalue weighted by atomic mass is 79.9. The first-order valence-electron chi connectivity index (χ1n) is 5.01. The second-order valence-corrected chi connectivity index (χ2v) is 5.32. The molecule has 5 heteroatoms. The molecule has 1 aromatic carbocycles. The van der Waals surface area contributed by atoms with Gasteiger partial charge in [-0.05, 0) is 58.2 Å². The highest BCUT2D eigenvalue weighted by Crippen LogP contribution is 2.25. The molecule has 0 amide bonds. The summed E-state index contributed by atoms with van der Waals surface area (Å²) in [6, 6.07) is 7.86. The fourth-order valence-electron chi connectivity index (χ4n) is 1.56. The molecule has 0 aliphatic carbocycles. The van der Waals surface area contributed by atoms with Crippen LogP contribution in [0, 0.1) is 5.82 Å². The van der Waals surface area contributed by atoms with Gasteiger partial charge in [-0.1, -0.05) is 15.9 Å². The number of hydrogen-bond acceptors (Lipinski definition) is 2. The molecule has 17 heavy (non-hydrogen) atoms. The van der Waals surface area contributed by atoms with Gasteiger partial charge in [0.1, 0.15) is 11.6 Å². The van der Waals surface area contributed by atoms with Crippen LogP contribution in [-0.4, -0.2) is 0 Å². The monoisotopic (exact) mass is 361 g/mol. The lowest BCUT2D eigenvalue weighted by atomic mass is 10.0. The van der Waals surface area contributed by atoms with Crippen LogP contribution in [0.2, 0.25) is 0 Å². The van der Waals surface area contributed by atoms with Crippen molar-refractivity contribution in [3.63, 3.8) is 0 Å². The van der Waals surface area contributed by atoms with Gasteiger partial charge in [0, 0.05) is 4.47 Å². The van der Waals surface area contributed by atoms with Crippen LogP contribution in [0.15, 0.2) is 43.9 Å². The third kappa shape index (κ3) is 3.18. The third-order valence-electron chi connectivity index (χ3n) is 2.41. The molecular weight excluding hydrogens is 353 g/mol. The van der Waals surface area contributed by atoms with E-state index in [2.05, 4.69) is 31.9 Å². The summed E-state index contributed by atoms with van der Waals surface area (Å²) in [5, 5.41) is 0. The van der Waals surface area contributed by atoms with E-state index in [1.165, 1.54) is 12.1 Å². The number of benzene rings is 1. The summed E-state index contributed by atoms with van der Waals surface area (Å²) in [5.41, 5.74) is 6.83. The molecule has 1 heterocycles. The normalized spacial score (nSPS) is 12.7. The molecule has 0 aliphatic rings. The molecule has 2 aromatic rings. The Hall–Kier alpha value is -0.650. The molecule has 0 bridgehead atoms. The molecule has 0 radical (unpaired) electrons. The molecule has 2 N–H and O–H groups in total. The lowest BCUT2D eigenvalue weighted by Gasteiger charge is -2.10. The number of hydrogen-bond donors (Lipinski definition) is 1. The number of halogens is 3. The number of nitrogens with two attached hydrogens (primary N) is 1. The summed E-state index contributed by atoms with van der Waals surface area (Å²) in [6.07, 6.45) is 0.512. The predicted molar refractivity (Wildman–Crippen MR) is 71.1 cm³/mol. The van der Waals surface area contributed by atoms with Crippen LogP contribution < -0.4 is 5.73 Å². The fourth-order valence-corrected chi connectivity index (χ4v) is 2.29. The Labute approximate surface area is 115 Å². The van der Waals surface area contributed by atoms with Gasteiger partial charge in [0.25, 0.3) is 0 Å². The molecule has 1 atom stereocenters. The SMILES string of the molecule is NC(Cc1cc(F)ccc1Br)c1ccc(Br)o1. The molecule has 0 saturated carbocycles. The predicted octanol–water partition coefficient (Wildman–Crippen LogP) is 4.19. The van der Waals surface area contributed by atoms with Crippen molar-refractivity contribution in [2.45, 2.75) is 12.5 Å². The van der Waals surface area contributed by atoms with Gasteiger partial charge in [0.15, 0.2) is 4.67 Å². The molecule has 90 valence electrons. The van der Waals surface area contributed by atoms with Crippen molar-refractivity contribution in [3.05, 3.63) is 56.6 Å². The van der Waals surface area contributed by atoms with Crippen molar-refractivity contribution in [3.8, 4) is 0 Å². The summed E-state index contributed by atoms with van der Waals surface area (Å²) in [7, 11) is 0. The van der Waals surface area contributed by atoms with Crippen LogP contribution in [-0.2, 0) is 6.42 Å². The van der Waals surface area contributed by atoms with Crippen LogP contribution in [0.3, 0.4) is 0 Å². The lowest BCUT2D eigenvalue weighted by Crippen LogP contribution is -2.12. The second-order valence-electron chi connectivity index (χ2n) is 3.69. The molecule has 1 unspecified atom stereocenters. The lowest BCUT2D eigenvalue weighted by molar-refractivity contribution is 0.447. The van der Waals surface area contributed by atoms with E-state index >= 15 is 0 Å². The maximum Gasteiger partial charge on any atom is 0.169 e. The largest absolute Gasteiger partial charge is 0.453 e. The van der Waals surface area contributed by atoms with Gasteiger partial charge in [-0.3, -0.25) is 0 Å². The molecule has 1 aromatic heterocycles. The summed E-state index contributed by atoms with van der Waals surface area (Å²) < 4.78 is 20.0. The summed E-state index contributed by atoms with van der Waals surface area (Å²) in [4.78, 5) is 0. The average Bonchev–Trinajstić information content (AvgIpc) is 2.70. The van der Waals surface area contributed by atoms with E-state index in [1.807, 2.05) is 6.07 Å². The second kappa shape index (κ2) is 5.33. The first kappa shape index (κ1) is 12.8. The van der Waals surface area contributed by atoms with Crippen LogP contribution in [0.25, 0.3) is 0 Å². The number of rotatable bonds is 3. The van der Waals surface area contributed by atoms with Gasteiger partial charge >= 0.3 is 0 Å². The first-order valence-corrected chi connectivity index (χ1v) is 6.59. The van der Waals surface area contributed by atoms with Gasteiger partial charge in [-0.25, -0.2) is 4.39 Å². The standard InChI is InChI=1S/C12H10Br2FNO/c13-9-2-1-8(15)5-7(9)6-10(16)11-3-4-12(14)17-11/h1-5,10H,6,16H2. The minimum absolute atomic E-state index is 0.268. The van der Waals surface area contributed by atoms with Crippen molar-refractivity contribution in [1.29, 1.82) is 0 Å². The molecular formula is C12H10Br2FNO. The van der Waals surface area contributed by atoms with Crippen molar-refractivity contribution in [1.82, 2.24) is 0 Å². The summed E-state index contributed by atoms with van der Waals surface area (Å²) >= 11 is 6.60. The van der Waals surface area contributed by atoms with Crippen LogP contribution in [0.1, 0.15) is 17.4 Å². The molecule has 0 saturated heterocycles. The van der Waals surface area contributed by atoms with Crippen LogP contribution in [0.4, 0.5) is 4.39 Å². The maximum absolute atomic E-state index is 13.1. The fraction of sp³-hybridized carbons (Fsp3) is 0.167. The van der Waals surface area contributed by atoms with Crippen LogP contribution >= 0.6 is 31.9 Å². The van der Waals surface area contributed by atoms with Crippen molar-refractivity contribution in [2.75, 3.05) is 0 Å². The van der Waals surface area contributed by atoms with E-state index in [9.17, 15) is 4.39 Å². The van der Waals surface area contributed by atoms with Crippen molar-refractivity contribution in [2.24, 2.45) is 5.73 Å². The minimum atomic E-state index is -0.292. The Morgan fingerprint density at radius 1 is 1.24 bits per heavy atom. The Balaban J connectivity index is 2.18. The van der Waals surface area contributed by atoms with Gasteiger partial charge in [0.2, 0.25) is 0 Å². The summed E-state index contributed by atoms with van der Waals surface area (Å²) in [5.74, 6) is 0.407. The van der Waals surface area contributed by atoms with E-state index in [-0.39, 0.29) is 11.9 Å². The minimum Gasteiger partial charge on any atom is -0.453 e. The van der Waals surface area contributed by atoms with Gasteiger partial charge in [-0.15, -0.1) is 0 Å². The van der Waals surface area contributed by atoms with E-state index in [0.29, 0.717) is 16.9 Å². The zero-order valence-electron chi connectivity index (χ0n) is 8.79. The molecule has 2 rings (SSSR count). The highest BCUT2D eigenvalue weighted by molar-refractivity contribution is 9.10. The van der Waals surface area contributed by atoms with E-state index in [0.717, 1.165) is 10.0 Å². The number of furan rings is 1. The van der Waals surface area contributed by atoms with E-state index in [4.69, 9.17) is 10.2 Å². The first-order chi connectivity index (χ1) is 8.06. The topological polar surface area (TPSA) is 39.2 Å². The maximum atomic E-state index is 13.1. The van der Waals surface area contributed by atoms with Crippen molar-refractivity contribution >= 4 is 31.9 Å². The highest BCUT2D eigenvalue weighted by Gasteiger charge is 2.13. The van der Waals surface area contributed by atoms with Gasteiger partial charge in [-0.2, -0.15) is 0 Å². The zero-order chi connectivity index (χ0) is 12.4. The van der Waals surface area contributed by atoms with Gasteiger partial charge < -0.3 is 10.2 Å². The molecule has 0 aliphatic heterocycles. The zero-order valence-corrected chi connectivity index (χ0v) is 12.0. The van der Waals surface area contributed by atoms with E-state index in [1.54, 1.807) is 12.1 Å². The van der Waals surface area contributed by atoms with Crippen LogP contribution in [0.5, 0.6) is 0 Å². The Morgan fingerprint density at radius 2 is 2.00 bits per heavy atom. The summed E-state index contributed by atoms with van der Waals surface area (Å²) in [6.45, 7) is 0. The smallest absolute Gasteiger partial charge is 0.169 e. The Bertz CT molecular complexity index is 527. The average molecular weight is 363 g/mol.